The van der Waals surface area contributed by atoms with Gasteiger partial charge in [0.05, 0.1) is 20.1 Å². The highest BCUT2D eigenvalue weighted by Crippen LogP contribution is 2.34. The molecule has 1 N–H and O–H groups in total. The van der Waals surface area contributed by atoms with Crippen LogP contribution < -0.4 is 19.7 Å². The quantitative estimate of drug-likeness (QED) is 0.885. The van der Waals surface area contributed by atoms with Crippen LogP contribution in [0.1, 0.15) is 6.42 Å². The van der Waals surface area contributed by atoms with Crippen LogP contribution in [0.5, 0.6) is 11.5 Å². The molecular weight excluding hydrogens is 324 g/mol. The zero-order valence-electron chi connectivity index (χ0n) is 13.9. The summed E-state index contributed by atoms with van der Waals surface area (Å²) < 4.78 is 10.5. The van der Waals surface area contributed by atoms with Crippen LogP contribution in [-0.2, 0) is 9.59 Å². The van der Waals surface area contributed by atoms with E-state index in [0.29, 0.717) is 17.2 Å². The smallest absolute Gasteiger partial charge is 0.232 e. The van der Waals surface area contributed by atoms with E-state index < -0.39 is 5.92 Å². The maximum Gasteiger partial charge on any atom is 0.232 e. The van der Waals surface area contributed by atoms with Crippen LogP contribution in [0.15, 0.2) is 36.7 Å². The average Bonchev–Trinajstić information content (AvgIpc) is 3.04. The molecule has 25 heavy (non-hydrogen) atoms. The maximum atomic E-state index is 12.3. The third kappa shape index (κ3) is 3.52. The minimum atomic E-state index is -0.468. The number of aromatic nitrogens is 2. The summed E-state index contributed by atoms with van der Waals surface area (Å²) in [5.74, 6) is 0.463. The van der Waals surface area contributed by atoms with E-state index in [0.717, 1.165) is 0 Å². The van der Waals surface area contributed by atoms with Gasteiger partial charge >= 0.3 is 0 Å². The number of benzene rings is 1. The monoisotopic (exact) mass is 342 g/mol. The Morgan fingerprint density at radius 1 is 1.20 bits per heavy atom. The number of hydrogen-bond acceptors (Lipinski definition) is 6. The van der Waals surface area contributed by atoms with Crippen LogP contribution in [0.4, 0.5) is 11.6 Å². The van der Waals surface area contributed by atoms with Gasteiger partial charge in [-0.1, -0.05) is 0 Å². The minimum absolute atomic E-state index is 0.124. The van der Waals surface area contributed by atoms with Gasteiger partial charge in [0, 0.05) is 37.1 Å². The van der Waals surface area contributed by atoms with E-state index in [1.165, 1.54) is 7.11 Å². The summed E-state index contributed by atoms with van der Waals surface area (Å²) in [6.45, 7) is 0.285. The lowest BCUT2D eigenvalue weighted by atomic mass is 10.1. The molecule has 0 spiro atoms. The summed E-state index contributed by atoms with van der Waals surface area (Å²) in [5, 5.41) is 2.63. The first-order valence-electron chi connectivity index (χ1n) is 7.72. The van der Waals surface area contributed by atoms with Crippen molar-refractivity contribution in [2.45, 2.75) is 6.42 Å². The van der Waals surface area contributed by atoms with E-state index in [1.54, 1.807) is 48.7 Å². The summed E-state index contributed by atoms with van der Waals surface area (Å²) in [6.07, 6.45) is 3.21. The molecule has 0 aliphatic carbocycles. The van der Waals surface area contributed by atoms with Crippen LogP contribution in [-0.4, -0.2) is 42.5 Å². The molecule has 8 nitrogen and oxygen atoms in total. The summed E-state index contributed by atoms with van der Waals surface area (Å²) in [6, 6.07) is 6.87. The lowest BCUT2D eigenvalue weighted by Gasteiger charge is -2.18. The second kappa shape index (κ2) is 7.16. The summed E-state index contributed by atoms with van der Waals surface area (Å²) in [5.41, 5.74) is 0.661. The zero-order valence-corrected chi connectivity index (χ0v) is 13.9. The molecule has 2 amide bonds. The molecule has 1 saturated heterocycles. The van der Waals surface area contributed by atoms with Crippen molar-refractivity contribution in [2.75, 3.05) is 31.0 Å². The number of nitrogens with zero attached hydrogens (tertiary/aromatic N) is 3. The molecule has 0 saturated carbocycles. The number of carbonyl (C=O) groups excluding carboxylic acids is 2. The predicted octanol–water partition coefficient (Wildman–Crippen LogP) is 1.49. The Kier molecular flexibility index (Phi) is 4.78. The molecule has 1 aliphatic rings. The zero-order chi connectivity index (χ0) is 17.8. The van der Waals surface area contributed by atoms with Crippen molar-refractivity contribution < 1.29 is 19.1 Å². The molecule has 2 heterocycles. The molecule has 1 fully saturated rings. The van der Waals surface area contributed by atoms with Crippen LogP contribution in [0.2, 0.25) is 0 Å². The highest BCUT2D eigenvalue weighted by molar-refractivity contribution is 6.03. The number of rotatable bonds is 5. The molecule has 1 aromatic heterocycles. The fourth-order valence-corrected chi connectivity index (χ4v) is 2.70. The van der Waals surface area contributed by atoms with Crippen molar-refractivity contribution in [3.8, 4) is 11.5 Å². The van der Waals surface area contributed by atoms with E-state index >= 15 is 0 Å². The van der Waals surface area contributed by atoms with Gasteiger partial charge < -0.3 is 14.4 Å². The van der Waals surface area contributed by atoms with E-state index in [2.05, 4.69) is 15.3 Å². The van der Waals surface area contributed by atoms with Gasteiger partial charge in [-0.3, -0.25) is 14.9 Å². The topological polar surface area (TPSA) is 93.6 Å². The van der Waals surface area contributed by atoms with Crippen molar-refractivity contribution in [1.29, 1.82) is 0 Å². The second-order valence-electron chi connectivity index (χ2n) is 5.51. The number of hydrogen-bond donors (Lipinski definition) is 1. The normalized spacial score (nSPS) is 16.6. The van der Waals surface area contributed by atoms with Gasteiger partial charge in [0.1, 0.15) is 0 Å². The van der Waals surface area contributed by atoms with Crippen LogP contribution in [0.3, 0.4) is 0 Å². The van der Waals surface area contributed by atoms with Gasteiger partial charge in [-0.2, -0.15) is 0 Å². The lowest BCUT2D eigenvalue weighted by molar-refractivity contribution is -0.122. The third-order valence-corrected chi connectivity index (χ3v) is 3.98. The molecule has 0 bridgehead atoms. The fraction of sp³-hybridized carbons (Fsp3) is 0.294. The van der Waals surface area contributed by atoms with Gasteiger partial charge in [0.25, 0.3) is 0 Å². The van der Waals surface area contributed by atoms with Crippen molar-refractivity contribution in [3.05, 3.63) is 36.7 Å². The first-order valence-corrected chi connectivity index (χ1v) is 7.72. The molecule has 1 unspecified atom stereocenters. The Bertz CT molecular complexity index is 781. The molecular formula is C17H18N4O4. The molecule has 2 aromatic rings. The molecule has 130 valence electrons. The third-order valence-electron chi connectivity index (χ3n) is 3.98. The van der Waals surface area contributed by atoms with Crippen molar-refractivity contribution >= 4 is 23.5 Å². The number of nitrogens with one attached hydrogen (secondary N) is 1. The lowest BCUT2D eigenvalue weighted by Crippen LogP contribution is -2.28. The number of methoxy groups -OCH3 is 2. The predicted molar refractivity (Wildman–Crippen MR) is 90.7 cm³/mol. The fourth-order valence-electron chi connectivity index (χ4n) is 2.70. The number of ether oxygens (including phenoxy) is 2. The number of amides is 2. The van der Waals surface area contributed by atoms with E-state index in [-0.39, 0.29) is 30.7 Å². The summed E-state index contributed by atoms with van der Waals surface area (Å²) >= 11 is 0. The number of carbonyl (C=O) groups is 2. The minimum Gasteiger partial charge on any atom is -0.493 e. The molecule has 3 rings (SSSR count). The molecule has 1 atom stereocenters. The van der Waals surface area contributed by atoms with E-state index in [1.807, 2.05) is 0 Å². The molecule has 0 radical (unpaired) electrons. The molecule has 1 aliphatic heterocycles. The van der Waals surface area contributed by atoms with Crippen molar-refractivity contribution in [2.24, 2.45) is 5.92 Å². The SMILES string of the molecule is COc1ccc(N2CC(C(=O)Nc3ncccn3)CC2=O)cc1OC. The highest BCUT2D eigenvalue weighted by atomic mass is 16.5. The van der Waals surface area contributed by atoms with Gasteiger partial charge in [-0.05, 0) is 18.2 Å². The highest BCUT2D eigenvalue weighted by Gasteiger charge is 2.35. The largest absolute Gasteiger partial charge is 0.493 e. The number of anilines is 2. The Labute approximate surface area is 144 Å². The summed E-state index contributed by atoms with van der Waals surface area (Å²) in [7, 11) is 3.08. The molecule has 1 aromatic carbocycles. The van der Waals surface area contributed by atoms with Gasteiger partial charge in [-0.25, -0.2) is 9.97 Å². The van der Waals surface area contributed by atoms with Crippen LogP contribution in [0, 0.1) is 5.92 Å². The van der Waals surface area contributed by atoms with Gasteiger partial charge in [0.2, 0.25) is 17.8 Å². The van der Waals surface area contributed by atoms with E-state index in [4.69, 9.17) is 9.47 Å². The van der Waals surface area contributed by atoms with Crippen LogP contribution in [0.25, 0.3) is 0 Å². The van der Waals surface area contributed by atoms with Crippen molar-refractivity contribution in [1.82, 2.24) is 9.97 Å². The summed E-state index contributed by atoms with van der Waals surface area (Å²) in [4.78, 5) is 34.2. The Morgan fingerprint density at radius 3 is 2.60 bits per heavy atom. The van der Waals surface area contributed by atoms with Crippen LogP contribution >= 0.6 is 0 Å². The standard InChI is InChI=1S/C17H18N4O4/c1-24-13-5-4-12(9-14(13)25-2)21-10-11(8-15(21)22)16(23)20-17-18-6-3-7-19-17/h3-7,9,11H,8,10H2,1-2H3,(H,18,19,20,23). The Morgan fingerprint density at radius 2 is 1.92 bits per heavy atom. The first kappa shape index (κ1) is 16.7. The van der Waals surface area contributed by atoms with Gasteiger partial charge in [0.15, 0.2) is 11.5 Å². The average molecular weight is 342 g/mol. The Balaban J connectivity index is 1.73. The van der Waals surface area contributed by atoms with E-state index in [9.17, 15) is 9.59 Å². The first-order chi connectivity index (χ1) is 12.1. The second-order valence-corrected chi connectivity index (χ2v) is 5.51. The Hall–Kier alpha value is -3.16. The maximum absolute atomic E-state index is 12.3. The van der Waals surface area contributed by atoms with Crippen molar-refractivity contribution in [3.63, 3.8) is 0 Å². The van der Waals surface area contributed by atoms with Gasteiger partial charge in [-0.15, -0.1) is 0 Å². The molecule has 8 heteroatoms.